The highest BCUT2D eigenvalue weighted by atomic mass is 32.2. The van der Waals surface area contributed by atoms with Crippen molar-refractivity contribution < 1.29 is 22.7 Å². The minimum atomic E-state index is -3.77. The maximum absolute atomic E-state index is 13.2. The van der Waals surface area contributed by atoms with Crippen LogP contribution in [0.4, 0.5) is 0 Å². The fourth-order valence-corrected chi connectivity index (χ4v) is 5.32. The number of rotatable bonds is 7. The van der Waals surface area contributed by atoms with Gasteiger partial charge in [-0.05, 0) is 37.5 Å². The molecule has 1 fully saturated rings. The van der Waals surface area contributed by atoms with E-state index in [1.165, 1.54) is 30.7 Å². The number of benzene rings is 2. The Hall–Kier alpha value is -2.58. The minimum absolute atomic E-state index is 0.120. The number of nitrogens with one attached hydrogen (secondary N) is 1. The lowest BCUT2D eigenvalue weighted by Crippen LogP contribution is -2.51. The van der Waals surface area contributed by atoms with Gasteiger partial charge >= 0.3 is 0 Å². The van der Waals surface area contributed by atoms with Gasteiger partial charge < -0.3 is 14.8 Å². The second kappa shape index (κ2) is 9.06. The predicted molar refractivity (Wildman–Crippen MR) is 114 cm³/mol. The molecule has 1 N–H and O–H groups in total. The summed E-state index contributed by atoms with van der Waals surface area (Å²) in [7, 11) is -0.816. The molecule has 162 valence electrons. The first-order chi connectivity index (χ1) is 14.3. The summed E-state index contributed by atoms with van der Waals surface area (Å²) in [6.07, 6.45) is 1.24. The molecule has 1 aliphatic rings. The van der Waals surface area contributed by atoms with Gasteiger partial charge in [0.15, 0.2) is 11.5 Å². The van der Waals surface area contributed by atoms with Crippen molar-refractivity contribution in [2.24, 2.45) is 5.41 Å². The summed E-state index contributed by atoms with van der Waals surface area (Å²) >= 11 is 0. The molecule has 0 aromatic heterocycles. The van der Waals surface area contributed by atoms with Gasteiger partial charge in [-0.1, -0.05) is 30.3 Å². The Balaban J connectivity index is 1.76. The zero-order valence-corrected chi connectivity index (χ0v) is 18.4. The maximum atomic E-state index is 13.2. The average Bonchev–Trinajstić information content (AvgIpc) is 2.77. The van der Waals surface area contributed by atoms with E-state index in [1.807, 2.05) is 37.3 Å². The van der Waals surface area contributed by atoms with Crippen LogP contribution in [0.5, 0.6) is 11.5 Å². The number of hydrogen-bond donors (Lipinski definition) is 1. The smallest absolute Gasteiger partial charge is 0.243 e. The van der Waals surface area contributed by atoms with Crippen LogP contribution in [0.25, 0.3) is 0 Å². The van der Waals surface area contributed by atoms with Crippen molar-refractivity contribution in [2.75, 3.05) is 27.3 Å². The molecular formula is C22H28N2O5S. The molecule has 0 saturated carbocycles. The molecular weight excluding hydrogens is 404 g/mol. The van der Waals surface area contributed by atoms with Crippen molar-refractivity contribution in [3.8, 4) is 11.5 Å². The van der Waals surface area contributed by atoms with Crippen LogP contribution in [0, 0.1) is 5.41 Å². The van der Waals surface area contributed by atoms with E-state index in [0.717, 1.165) is 5.56 Å². The minimum Gasteiger partial charge on any atom is -0.493 e. The van der Waals surface area contributed by atoms with Gasteiger partial charge in [-0.25, -0.2) is 8.42 Å². The van der Waals surface area contributed by atoms with Crippen molar-refractivity contribution >= 4 is 15.9 Å². The van der Waals surface area contributed by atoms with Crippen LogP contribution < -0.4 is 14.8 Å². The van der Waals surface area contributed by atoms with E-state index in [0.29, 0.717) is 37.4 Å². The highest BCUT2D eigenvalue weighted by molar-refractivity contribution is 7.89. The first-order valence-electron chi connectivity index (χ1n) is 9.84. The van der Waals surface area contributed by atoms with E-state index < -0.39 is 15.4 Å². The van der Waals surface area contributed by atoms with Gasteiger partial charge in [0.1, 0.15) is 0 Å². The second-order valence-electron chi connectivity index (χ2n) is 7.69. The van der Waals surface area contributed by atoms with Gasteiger partial charge in [0.25, 0.3) is 0 Å². The van der Waals surface area contributed by atoms with E-state index in [2.05, 4.69) is 5.32 Å². The van der Waals surface area contributed by atoms with Gasteiger partial charge in [-0.3, -0.25) is 4.79 Å². The van der Waals surface area contributed by atoms with E-state index in [4.69, 9.17) is 9.47 Å². The van der Waals surface area contributed by atoms with Gasteiger partial charge in [-0.2, -0.15) is 4.31 Å². The molecule has 1 aliphatic heterocycles. The summed E-state index contributed by atoms with van der Waals surface area (Å²) in [6, 6.07) is 14.2. The third-order valence-corrected chi connectivity index (χ3v) is 7.34. The topological polar surface area (TPSA) is 84.9 Å². The van der Waals surface area contributed by atoms with Crippen LogP contribution in [-0.4, -0.2) is 45.9 Å². The summed E-state index contributed by atoms with van der Waals surface area (Å²) in [5.74, 6) is 0.665. The Kier molecular flexibility index (Phi) is 6.67. The molecule has 1 saturated heterocycles. The van der Waals surface area contributed by atoms with Gasteiger partial charge in [0.05, 0.1) is 24.5 Å². The number of nitrogens with zero attached hydrogens (tertiary/aromatic N) is 1. The van der Waals surface area contributed by atoms with E-state index in [9.17, 15) is 13.2 Å². The number of amides is 1. The van der Waals surface area contributed by atoms with Crippen molar-refractivity contribution in [3.05, 3.63) is 54.1 Å². The van der Waals surface area contributed by atoms with E-state index >= 15 is 0 Å². The molecule has 2 aromatic rings. The fraction of sp³-hybridized carbons (Fsp3) is 0.409. The lowest BCUT2D eigenvalue weighted by molar-refractivity contribution is -0.132. The average molecular weight is 433 g/mol. The standard InChI is InChI=1S/C22H28N2O5S/c1-22(21(25)23-15-17-8-5-4-6-9-17)12-7-13-24(16-22)30(26,27)18-10-11-19(28-2)20(14-18)29-3/h4-6,8-11,14H,7,12-13,15-16H2,1-3H3,(H,23,25)/t22-/m0/s1. The Morgan fingerprint density at radius 2 is 1.80 bits per heavy atom. The van der Waals surface area contributed by atoms with Crippen LogP contribution in [0.3, 0.4) is 0 Å². The normalized spacial score (nSPS) is 19.8. The van der Waals surface area contributed by atoms with Crippen LogP contribution in [0.15, 0.2) is 53.4 Å². The Morgan fingerprint density at radius 3 is 2.47 bits per heavy atom. The highest BCUT2D eigenvalue weighted by Crippen LogP contribution is 2.35. The molecule has 0 unspecified atom stereocenters. The number of ether oxygens (including phenoxy) is 2. The van der Waals surface area contributed by atoms with Crippen LogP contribution >= 0.6 is 0 Å². The summed E-state index contributed by atoms with van der Waals surface area (Å²) in [5.41, 5.74) is 0.205. The predicted octanol–water partition coefficient (Wildman–Crippen LogP) is 2.81. The quantitative estimate of drug-likeness (QED) is 0.727. The van der Waals surface area contributed by atoms with E-state index in [1.54, 1.807) is 6.07 Å². The zero-order valence-electron chi connectivity index (χ0n) is 17.6. The molecule has 2 aromatic carbocycles. The summed E-state index contributed by atoms with van der Waals surface area (Å²) in [4.78, 5) is 13.0. The molecule has 0 bridgehead atoms. The third-order valence-electron chi connectivity index (χ3n) is 5.50. The lowest BCUT2D eigenvalue weighted by atomic mass is 9.82. The van der Waals surface area contributed by atoms with Crippen LogP contribution in [0.1, 0.15) is 25.3 Å². The molecule has 1 heterocycles. The highest BCUT2D eigenvalue weighted by Gasteiger charge is 2.42. The first-order valence-corrected chi connectivity index (χ1v) is 11.3. The summed E-state index contributed by atoms with van der Waals surface area (Å²) in [5, 5.41) is 2.96. The lowest BCUT2D eigenvalue weighted by Gasteiger charge is -2.38. The largest absolute Gasteiger partial charge is 0.493 e. The first kappa shape index (κ1) is 22.1. The summed E-state index contributed by atoms with van der Waals surface area (Å²) < 4.78 is 38.3. The van der Waals surface area contributed by atoms with Crippen LogP contribution in [0.2, 0.25) is 0 Å². The number of sulfonamides is 1. The third kappa shape index (κ3) is 4.60. The van der Waals surface area contributed by atoms with Crippen molar-refractivity contribution in [1.29, 1.82) is 0 Å². The van der Waals surface area contributed by atoms with Gasteiger partial charge in [0.2, 0.25) is 15.9 Å². The Labute approximate surface area is 178 Å². The van der Waals surface area contributed by atoms with Gasteiger partial charge in [0, 0.05) is 25.7 Å². The van der Waals surface area contributed by atoms with Crippen molar-refractivity contribution in [2.45, 2.75) is 31.2 Å². The molecule has 0 radical (unpaired) electrons. The molecule has 8 heteroatoms. The van der Waals surface area contributed by atoms with Crippen LogP contribution in [-0.2, 0) is 21.4 Å². The fourth-order valence-electron chi connectivity index (χ4n) is 3.70. The Bertz CT molecular complexity index is 994. The molecule has 7 nitrogen and oxygen atoms in total. The molecule has 1 atom stereocenters. The van der Waals surface area contributed by atoms with Gasteiger partial charge in [-0.15, -0.1) is 0 Å². The molecule has 3 rings (SSSR count). The monoisotopic (exact) mass is 432 g/mol. The molecule has 1 amide bonds. The summed E-state index contributed by atoms with van der Waals surface area (Å²) in [6.45, 7) is 2.74. The van der Waals surface area contributed by atoms with Crippen molar-refractivity contribution in [1.82, 2.24) is 9.62 Å². The molecule has 0 spiro atoms. The van der Waals surface area contributed by atoms with Crippen molar-refractivity contribution in [3.63, 3.8) is 0 Å². The number of piperidine rings is 1. The molecule has 0 aliphatic carbocycles. The maximum Gasteiger partial charge on any atom is 0.243 e. The number of carbonyl (C=O) groups is 1. The zero-order chi connectivity index (χ0) is 21.8. The number of hydrogen-bond acceptors (Lipinski definition) is 5. The second-order valence-corrected chi connectivity index (χ2v) is 9.63. The number of carbonyl (C=O) groups excluding carboxylic acids is 1. The Morgan fingerprint density at radius 1 is 1.10 bits per heavy atom. The van der Waals surface area contributed by atoms with E-state index in [-0.39, 0.29) is 17.3 Å². The molecule has 30 heavy (non-hydrogen) atoms. The number of methoxy groups -OCH3 is 2. The SMILES string of the molecule is COc1ccc(S(=O)(=O)N2CCC[C@](C)(C(=O)NCc3ccccc3)C2)cc1OC.